The molecule has 3 rings (SSSR count). The van der Waals surface area contributed by atoms with Gasteiger partial charge in [-0.05, 0) is 30.7 Å². The largest absolute Gasteiger partial charge is 0.379 e. The summed E-state index contributed by atoms with van der Waals surface area (Å²) in [5.74, 6) is 0.437. The van der Waals surface area contributed by atoms with Crippen LogP contribution < -0.4 is 5.32 Å². The molecule has 2 aromatic carbocycles. The number of carbonyl (C=O) groups excluding carboxylic acids is 1. The monoisotopic (exact) mass is 404 g/mol. The molecule has 0 spiro atoms. The summed E-state index contributed by atoms with van der Waals surface area (Å²) >= 11 is 7.98. The molecule has 1 N–H and O–H groups in total. The molecule has 4 nitrogen and oxygen atoms in total. The molecule has 1 fully saturated rings. The molecule has 2 aromatic rings. The first-order valence-electron chi connectivity index (χ1n) is 9.16. The lowest BCUT2D eigenvalue weighted by Crippen LogP contribution is -2.44. The molecule has 27 heavy (non-hydrogen) atoms. The zero-order valence-corrected chi connectivity index (χ0v) is 17.1. The van der Waals surface area contributed by atoms with Crippen LogP contribution in [0, 0.1) is 6.92 Å². The number of carbonyl (C=O) groups is 1. The van der Waals surface area contributed by atoms with Crippen LogP contribution in [0.25, 0.3) is 0 Å². The average Bonchev–Trinajstić information content (AvgIpc) is 2.70. The van der Waals surface area contributed by atoms with E-state index in [-0.39, 0.29) is 11.9 Å². The second-order valence-electron chi connectivity index (χ2n) is 6.59. The molecule has 0 aromatic heterocycles. The summed E-state index contributed by atoms with van der Waals surface area (Å²) in [5.41, 5.74) is 2.27. The minimum Gasteiger partial charge on any atom is -0.379 e. The summed E-state index contributed by atoms with van der Waals surface area (Å²) in [6, 6.07) is 16.1. The molecule has 0 saturated carbocycles. The Morgan fingerprint density at radius 3 is 2.59 bits per heavy atom. The lowest BCUT2D eigenvalue weighted by atomic mass is 10.0. The maximum Gasteiger partial charge on any atom is 0.230 e. The third-order valence-electron chi connectivity index (χ3n) is 4.63. The SMILES string of the molecule is Cc1ccc(SCC(=O)NCC(c2ccccc2Cl)N2CCOCC2)cc1. The quantitative estimate of drug-likeness (QED) is 0.710. The average molecular weight is 405 g/mol. The van der Waals surface area contributed by atoms with Crippen LogP contribution in [0.2, 0.25) is 5.02 Å². The molecule has 1 saturated heterocycles. The Morgan fingerprint density at radius 2 is 1.89 bits per heavy atom. The van der Waals surface area contributed by atoms with Gasteiger partial charge in [0.05, 0.1) is 25.0 Å². The van der Waals surface area contributed by atoms with Gasteiger partial charge in [0, 0.05) is 29.6 Å². The Kier molecular flexibility index (Phi) is 7.59. The third kappa shape index (κ3) is 5.98. The second kappa shape index (κ2) is 10.1. The van der Waals surface area contributed by atoms with Gasteiger partial charge in [-0.2, -0.15) is 0 Å². The van der Waals surface area contributed by atoms with Crippen molar-refractivity contribution in [2.75, 3.05) is 38.6 Å². The number of thioether (sulfide) groups is 1. The van der Waals surface area contributed by atoms with E-state index in [9.17, 15) is 4.79 Å². The Hall–Kier alpha value is -1.53. The molecule has 0 radical (unpaired) electrons. The number of nitrogens with zero attached hydrogens (tertiary/aromatic N) is 1. The molecule has 1 unspecified atom stereocenters. The summed E-state index contributed by atoms with van der Waals surface area (Å²) in [5, 5.41) is 3.82. The van der Waals surface area contributed by atoms with Crippen molar-refractivity contribution in [3.8, 4) is 0 Å². The zero-order chi connectivity index (χ0) is 19.1. The van der Waals surface area contributed by atoms with E-state index >= 15 is 0 Å². The first-order chi connectivity index (χ1) is 13.1. The van der Waals surface area contributed by atoms with Crippen LogP contribution in [0.3, 0.4) is 0 Å². The molecular formula is C21H25ClN2O2S. The molecule has 1 amide bonds. The van der Waals surface area contributed by atoms with Gasteiger partial charge in [0.25, 0.3) is 0 Å². The number of amides is 1. The van der Waals surface area contributed by atoms with Crippen LogP contribution in [-0.2, 0) is 9.53 Å². The summed E-state index contributed by atoms with van der Waals surface area (Å²) in [6.07, 6.45) is 0. The lowest BCUT2D eigenvalue weighted by Gasteiger charge is -2.35. The van der Waals surface area contributed by atoms with Gasteiger partial charge >= 0.3 is 0 Å². The Bertz CT molecular complexity index is 748. The Labute approximate surface area is 170 Å². The molecule has 6 heteroatoms. The van der Waals surface area contributed by atoms with Crippen molar-refractivity contribution < 1.29 is 9.53 Å². The standard InChI is InChI=1S/C21H25ClN2O2S/c1-16-6-8-17(9-7-16)27-15-21(25)23-14-20(24-10-12-26-13-11-24)18-4-2-3-5-19(18)22/h2-9,20H,10-15H2,1H3,(H,23,25). The summed E-state index contributed by atoms with van der Waals surface area (Å²) < 4.78 is 5.47. The van der Waals surface area contributed by atoms with E-state index in [2.05, 4.69) is 29.3 Å². The maximum absolute atomic E-state index is 12.4. The van der Waals surface area contributed by atoms with Gasteiger partial charge in [-0.1, -0.05) is 47.5 Å². The molecule has 0 aliphatic carbocycles. The number of hydrogen-bond donors (Lipinski definition) is 1. The summed E-state index contributed by atoms with van der Waals surface area (Å²) in [7, 11) is 0. The Morgan fingerprint density at radius 1 is 1.19 bits per heavy atom. The summed E-state index contributed by atoms with van der Waals surface area (Å²) in [6.45, 7) is 5.68. The van der Waals surface area contributed by atoms with Gasteiger partial charge < -0.3 is 10.1 Å². The van der Waals surface area contributed by atoms with Gasteiger partial charge in [0.1, 0.15) is 0 Å². The van der Waals surface area contributed by atoms with Crippen LogP contribution in [0.1, 0.15) is 17.2 Å². The van der Waals surface area contributed by atoms with Crippen molar-refractivity contribution in [1.82, 2.24) is 10.2 Å². The second-order valence-corrected chi connectivity index (χ2v) is 8.05. The van der Waals surface area contributed by atoms with Crippen LogP contribution in [0.15, 0.2) is 53.4 Å². The fraction of sp³-hybridized carbons (Fsp3) is 0.381. The van der Waals surface area contributed by atoms with Crippen molar-refractivity contribution in [2.45, 2.75) is 17.9 Å². The molecule has 1 atom stereocenters. The first kappa shape index (κ1) is 20.2. The zero-order valence-electron chi connectivity index (χ0n) is 15.5. The van der Waals surface area contributed by atoms with E-state index < -0.39 is 0 Å². The first-order valence-corrected chi connectivity index (χ1v) is 10.5. The normalized spacial score (nSPS) is 16.1. The highest BCUT2D eigenvalue weighted by atomic mass is 35.5. The van der Waals surface area contributed by atoms with Crippen molar-refractivity contribution in [2.24, 2.45) is 0 Å². The summed E-state index contributed by atoms with van der Waals surface area (Å²) in [4.78, 5) is 15.8. The smallest absolute Gasteiger partial charge is 0.230 e. The fourth-order valence-corrected chi connectivity index (χ4v) is 4.11. The highest BCUT2D eigenvalue weighted by Crippen LogP contribution is 2.28. The topological polar surface area (TPSA) is 41.6 Å². The number of benzene rings is 2. The predicted octanol–water partition coefficient (Wildman–Crippen LogP) is 3.93. The van der Waals surface area contributed by atoms with E-state index in [4.69, 9.17) is 16.3 Å². The van der Waals surface area contributed by atoms with Gasteiger partial charge in [-0.25, -0.2) is 0 Å². The lowest BCUT2D eigenvalue weighted by molar-refractivity contribution is -0.118. The molecule has 1 aliphatic heterocycles. The van der Waals surface area contributed by atoms with Crippen LogP contribution in [0.4, 0.5) is 0 Å². The van der Waals surface area contributed by atoms with Crippen molar-refractivity contribution in [3.63, 3.8) is 0 Å². The van der Waals surface area contributed by atoms with Gasteiger partial charge in [-0.3, -0.25) is 9.69 Å². The fourth-order valence-electron chi connectivity index (χ4n) is 3.12. The number of nitrogens with one attached hydrogen (secondary N) is 1. The molecule has 0 bridgehead atoms. The van der Waals surface area contributed by atoms with E-state index in [1.54, 1.807) is 11.8 Å². The van der Waals surface area contributed by atoms with E-state index in [1.807, 2.05) is 36.4 Å². The van der Waals surface area contributed by atoms with Gasteiger partial charge in [0.2, 0.25) is 5.91 Å². The van der Waals surface area contributed by atoms with Crippen LogP contribution in [0.5, 0.6) is 0 Å². The van der Waals surface area contributed by atoms with Gasteiger partial charge in [0.15, 0.2) is 0 Å². The third-order valence-corrected chi connectivity index (χ3v) is 5.99. The Balaban J connectivity index is 1.59. The number of rotatable bonds is 7. The number of halogens is 1. The molecule has 1 aliphatic rings. The minimum atomic E-state index is 0.0332. The van der Waals surface area contributed by atoms with Crippen LogP contribution >= 0.6 is 23.4 Å². The van der Waals surface area contributed by atoms with Crippen molar-refractivity contribution in [1.29, 1.82) is 0 Å². The van der Waals surface area contributed by atoms with Crippen molar-refractivity contribution in [3.05, 3.63) is 64.7 Å². The molecular weight excluding hydrogens is 380 g/mol. The molecule has 1 heterocycles. The number of aryl methyl sites for hydroxylation is 1. The molecule has 144 valence electrons. The van der Waals surface area contributed by atoms with E-state index in [0.29, 0.717) is 25.5 Å². The van der Waals surface area contributed by atoms with Gasteiger partial charge in [-0.15, -0.1) is 11.8 Å². The number of morpholine rings is 1. The minimum absolute atomic E-state index is 0.0332. The number of ether oxygens (including phenoxy) is 1. The maximum atomic E-state index is 12.4. The van der Waals surface area contributed by atoms with E-state index in [1.165, 1.54) is 5.56 Å². The number of hydrogen-bond acceptors (Lipinski definition) is 4. The highest BCUT2D eigenvalue weighted by molar-refractivity contribution is 8.00. The highest BCUT2D eigenvalue weighted by Gasteiger charge is 2.24. The predicted molar refractivity (Wildman–Crippen MR) is 111 cm³/mol. The van der Waals surface area contributed by atoms with E-state index in [0.717, 1.165) is 28.6 Å². The van der Waals surface area contributed by atoms with Crippen LogP contribution in [-0.4, -0.2) is 49.4 Å². The van der Waals surface area contributed by atoms with Crippen molar-refractivity contribution >= 4 is 29.3 Å².